The van der Waals surface area contributed by atoms with Gasteiger partial charge in [-0.15, -0.1) is 0 Å². The molecule has 69 heavy (non-hydrogen) atoms. The molecule has 0 unspecified atom stereocenters. The molecule has 18 heteroatoms. The van der Waals surface area contributed by atoms with Gasteiger partial charge >= 0.3 is 12.1 Å². The lowest BCUT2D eigenvalue weighted by Gasteiger charge is -2.48. The first-order valence-electron chi connectivity index (χ1n) is 23.8. The lowest BCUT2D eigenvalue weighted by Crippen LogP contribution is -2.62. The van der Waals surface area contributed by atoms with Gasteiger partial charge in [-0.3, -0.25) is 9.80 Å². The second-order valence-electron chi connectivity index (χ2n) is 20.0. The van der Waals surface area contributed by atoms with E-state index in [2.05, 4.69) is 9.80 Å². The lowest BCUT2D eigenvalue weighted by atomic mass is 9.93. The summed E-state index contributed by atoms with van der Waals surface area (Å²) < 4.78 is 87.0. The summed E-state index contributed by atoms with van der Waals surface area (Å²) in [4.78, 5) is 41.3. The van der Waals surface area contributed by atoms with Crippen molar-refractivity contribution in [3.63, 3.8) is 0 Å². The Kier molecular flexibility index (Phi) is 12.7. The van der Waals surface area contributed by atoms with Crippen LogP contribution in [-0.4, -0.2) is 112 Å². The molecule has 366 valence electrons. The van der Waals surface area contributed by atoms with Gasteiger partial charge in [0.2, 0.25) is 0 Å². The third kappa shape index (κ3) is 9.05. The van der Waals surface area contributed by atoms with Crippen molar-refractivity contribution in [2.75, 3.05) is 50.3 Å². The number of benzene rings is 2. The Hall–Kier alpha value is -5.68. The Labute approximate surface area is 404 Å². The fraction of sp³-hybridized carbons (Fsp3) is 0.510. The summed E-state index contributed by atoms with van der Waals surface area (Å²) in [5.74, 6) is 0.948. The number of nitrogens with zero attached hydrogens (tertiary/aromatic N) is 8. The summed E-state index contributed by atoms with van der Waals surface area (Å²) in [6.45, 7) is 7.60. The standard InChI is InChI=1S/C51H57ClF4N8O5/c1-50(2,3)69-49(65)64-32-14-19-38(64)37-9-6-8-36-41-43(59-48(60-47(41)63(37)27-32)68-28-51-20-7-21-62(51)26-31(53)23-51)42(54)45(57-36)44-40(46(55)56)35(52)22-39(58-44)61(24-29-10-15-33(66-4)16-11-29)25-30-12-17-34(67-5)18-13-30/h10-13,15-18,22,31-32,37-38,46H,6-9,14,19-21,23-28H2,1-5H3/t31-,32-,37-,38+,51+/m1/s1. The second-order valence-corrected chi connectivity index (χ2v) is 20.4. The topological polar surface area (TPSA) is 119 Å². The number of carbonyl (C=O) groups is 1. The molecular formula is C51H57ClF4N8O5. The molecule has 1 amide bonds. The molecule has 0 saturated carbocycles. The number of alkyl halides is 3. The van der Waals surface area contributed by atoms with Crippen molar-refractivity contribution in [2.45, 2.75) is 127 Å². The maximum Gasteiger partial charge on any atom is 0.410 e. The number of amides is 1. The molecule has 3 aromatic heterocycles. The zero-order valence-electron chi connectivity index (χ0n) is 39.5. The van der Waals surface area contributed by atoms with Crippen molar-refractivity contribution in [3.8, 4) is 28.9 Å². The van der Waals surface area contributed by atoms with Gasteiger partial charge in [-0.25, -0.2) is 32.3 Å². The van der Waals surface area contributed by atoms with E-state index in [0.29, 0.717) is 67.2 Å². The highest BCUT2D eigenvalue weighted by Crippen LogP contribution is 2.47. The number of piperazine rings is 1. The Morgan fingerprint density at radius 3 is 2.25 bits per heavy atom. The molecule has 2 aromatic carbocycles. The number of carbonyl (C=O) groups excluding carboxylic acids is 1. The molecule has 5 aliphatic rings. The van der Waals surface area contributed by atoms with E-state index in [4.69, 9.17) is 50.5 Å². The first kappa shape index (κ1) is 47.0. The van der Waals surface area contributed by atoms with Gasteiger partial charge in [-0.05, 0) is 114 Å². The van der Waals surface area contributed by atoms with Gasteiger partial charge in [0, 0.05) is 32.6 Å². The summed E-state index contributed by atoms with van der Waals surface area (Å²) in [7, 11) is 3.16. The molecule has 5 atom stereocenters. The number of fused-ring (bicyclic) bond motifs is 6. The minimum Gasteiger partial charge on any atom is -0.497 e. The third-order valence-corrected chi connectivity index (χ3v) is 14.8. The van der Waals surface area contributed by atoms with E-state index in [0.717, 1.165) is 43.4 Å². The highest BCUT2D eigenvalue weighted by atomic mass is 35.5. The van der Waals surface area contributed by atoms with Crippen LogP contribution in [0.2, 0.25) is 5.02 Å². The lowest BCUT2D eigenvalue weighted by molar-refractivity contribution is 0.00698. The van der Waals surface area contributed by atoms with E-state index in [9.17, 15) is 9.18 Å². The fourth-order valence-electron chi connectivity index (χ4n) is 11.4. The molecule has 4 fully saturated rings. The maximum absolute atomic E-state index is 18.0. The number of anilines is 2. The van der Waals surface area contributed by atoms with Crippen LogP contribution in [0.25, 0.3) is 22.3 Å². The van der Waals surface area contributed by atoms with Gasteiger partial charge in [-0.2, -0.15) is 9.97 Å². The van der Waals surface area contributed by atoms with Gasteiger partial charge in [0.05, 0.1) is 59.6 Å². The smallest absolute Gasteiger partial charge is 0.410 e. The van der Waals surface area contributed by atoms with Crippen LogP contribution in [0.5, 0.6) is 17.5 Å². The molecule has 10 rings (SSSR count). The first-order valence-corrected chi connectivity index (χ1v) is 24.2. The second kappa shape index (κ2) is 18.6. The van der Waals surface area contributed by atoms with Gasteiger partial charge in [0.15, 0.2) is 5.82 Å². The Morgan fingerprint density at radius 1 is 0.899 bits per heavy atom. The molecule has 0 radical (unpaired) electrons. The number of rotatable bonds is 12. The molecule has 5 aromatic rings. The molecule has 0 spiro atoms. The van der Waals surface area contributed by atoms with Gasteiger partial charge < -0.3 is 28.7 Å². The van der Waals surface area contributed by atoms with Crippen LogP contribution in [0.3, 0.4) is 0 Å². The molecule has 0 aliphatic carbocycles. The fourth-order valence-corrected chi connectivity index (χ4v) is 11.6. The van der Waals surface area contributed by atoms with Crippen LogP contribution < -0.4 is 24.0 Å². The predicted molar refractivity (Wildman–Crippen MR) is 254 cm³/mol. The van der Waals surface area contributed by atoms with Crippen molar-refractivity contribution in [2.24, 2.45) is 0 Å². The van der Waals surface area contributed by atoms with Crippen LogP contribution in [0.15, 0.2) is 54.6 Å². The minimum absolute atomic E-state index is 0.0822. The Balaban J connectivity index is 1.11. The summed E-state index contributed by atoms with van der Waals surface area (Å²) >= 11 is 6.85. The van der Waals surface area contributed by atoms with Crippen molar-refractivity contribution >= 4 is 40.2 Å². The summed E-state index contributed by atoms with van der Waals surface area (Å²) in [5, 5.41) is 0.0327. The highest BCUT2D eigenvalue weighted by molar-refractivity contribution is 6.32. The molecule has 8 heterocycles. The molecule has 0 N–H and O–H groups in total. The minimum atomic E-state index is -3.15. The number of pyridine rings is 2. The van der Waals surface area contributed by atoms with E-state index < -0.39 is 46.5 Å². The number of hydrogen-bond acceptors (Lipinski definition) is 12. The first-order chi connectivity index (χ1) is 33.1. The third-order valence-electron chi connectivity index (χ3n) is 14.5. The SMILES string of the molecule is COc1ccc(CN(Cc2ccc(OC)cc2)c2cc(Cl)c(C(F)F)c(-c3nc4c5c(nc(OC[C@@]67CCCN6C[C@H](F)C7)nc5c3F)N3C[C@H]5CC[C@@H]([C@H]3CCC4)N5C(=O)OC(C)(C)C)n2)cc1. The average Bonchev–Trinajstić information content (AvgIpc) is 3.96. The van der Waals surface area contributed by atoms with E-state index in [1.165, 1.54) is 6.07 Å². The zero-order valence-corrected chi connectivity index (χ0v) is 40.2. The van der Waals surface area contributed by atoms with Crippen LogP contribution in [0, 0.1) is 5.82 Å². The number of halogens is 5. The maximum atomic E-state index is 18.0. The summed E-state index contributed by atoms with van der Waals surface area (Å²) in [6.07, 6.45) is 0.386. The number of hydrogen-bond donors (Lipinski definition) is 0. The van der Waals surface area contributed by atoms with Crippen molar-refractivity contribution in [1.82, 2.24) is 29.7 Å². The molecule has 4 saturated heterocycles. The largest absolute Gasteiger partial charge is 0.497 e. The Morgan fingerprint density at radius 2 is 1.59 bits per heavy atom. The highest BCUT2D eigenvalue weighted by Gasteiger charge is 2.52. The molecule has 13 nitrogen and oxygen atoms in total. The number of aryl methyl sites for hydroxylation is 1. The summed E-state index contributed by atoms with van der Waals surface area (Å²) in [5.41, 5.74) is -0.776. The predicted octanol–water partition coefficient (Wildman–Crippen LogP) is 10.3. The molecular weight excluding hydrogens is 916 g/mol. The van der Waals surface area contributed by atoms with Crippen LogP contribution >= 0.6 is 11.6 Å². The van der Waals surface area contributed by atoms with Gasteiger partial charge in [0.25, 0.3) is 6.43 Å². The number of aromatic nitrogens is 4. The quantitative estimate of drug-likeness (QED) is 0.111. The normalized spacial score (nSPS) is 23.2. The van der Waals surface area contributed by atoms with Crippen molar-refractivity contribution in [1.29, 1.82) is 0 Å². The molecule has 2 bridgehead atoms. The monoisotopic (exact) mass is 972 g/mol. The summed E-state index contributed by atoms with van der Waals surface area (Å²) in [6, 6.07) is 15.5. The van der Waals surface area contributed by atoms with Gasteiger partial charge in [-0.1, -0.05) is 35.9 Å². The average molecular weight is 974 g/mol. The van der Waals surface area contributed by atoms with E-state index in [-0.39, 0.29) is 66.3 Å². The van der Waals surface area contributed by atoms with E-state index >= 15 is 13.2 Å². The number of methoxy groups -OCH3 is 2. The Bertz CT molecular complexity index is 2680. The van der Waals surface area contributed by atoms with Gasteiger partial charge in [0.1, 0.15) is 58.4 Å². The van der Waals surface area contributed by atoms with Crippen molar-refractivity contribution < 1.29 is 41.3 Å². The van der Waals surface area contributed by atoms with E-state index in [1.54, 1.807) is 14.2 Å². The van der Waals surface area contributed by atoms with Crippen LogP contribution in [0.1, 0.15) is 94.5 Å². The van der Waals surface area contributed by atoms with Crippen LogP contribution in [-0.2, 0) is 24.2 Å². The zero-order chi connectivity index (χ0) is 48.4. The molecule has 5 aliphatic heterocycles. The van der Waals surface area contributed by atoms with E-state index in [1.807, 2.05) is 79.1 Å². The van der Waals surface area contributed by atoms with Crippen LogP contribution in [0.4, 0.5) is 34.0 Å². The number of ether oxygens (including phenoxy) is 4. The van der Waals surface area contributed by atoms with Crippen molar-refractivity contribution in [3.05, 3.63) is 87.8 Å².